The first-order valence-electron chi connectivity index (χ1n) is 4.85. The van der Waals surface area contributed by atoms with Gasteiger partial charge in [0.2, 0.25) is 5.88 Å². The van der Waals surface area contributed by atoms with E-state index in [0.717, 1.165) is 5.69 Å². The van der Waals surface area contributed by atoms with Crippen molar-refractivity contribution < 1.29 is 9.53 Å². The third-order valence-corrected chi connectivity index (χ3v) is 2.34. The average molecular weight is 191 g/mol. The van der Waals surface area contributed by atoms with E-state index < -0.39 is 0 Å². The molecule has 1 aromatic rings. The second-order valence-corrected chi connectivity index (χ2v) is 3.77. The first kappa shape index (κ1) is 9.19. The van der Waals surface area contributed by atoms with E-state index in [-0.39, 0.29) is 5.78 Å². The summed E-state index contributed by atoms with van der Waals surface area (Å²) in [5.74, 6) is 1.00. The van der Waals surface area contributed by atoms with Crippen LogP contribution in [0, 0.1) is 0 Å². The quantitative estimate of drug-likeness (QED) is 0.682. The van der Waals surface area contributed by atoms with E-state index in [1.54, 1.807) is 0 Å². The molecule has 0 atom stereocenters. The van der Waals surface area contributed by atoms with Gasteiger partial charge in [0.05, 0.1) is 12.2 Å². The lowest BCUT2D eigenvalue weighted by molar-refractivity contribution is 0.0929. The first-order valence-corrected chi connectivity index (χ1v) is 4.85. The molecule has 0 amide bonds. The maximum Gasteiger partial charge on any atom is 0.224 e. The molecule has 1 aromatic heterocycles. The lowest BCUT2D eigenvalue weighted by Crippen LogP contribution is -2.17. The molecule has 2 rings (SSSR count). The van der Waals surface area contributed by atoms with E-state index in [2.05, 4.69) is 18.8 Å². The average Bonchev–Trinajstić information content (AvgIpc) is 2.17. The fourth-order valence-electron chi connectivity index (χ4n) is 1.47. The van der Waals surface area contributed by atoms with Crippen molar-refractivity contribution in [2.24, 2.45) is 0 Å². The highest BCUT2D eigenvalue weighted by Crippen LogP contribution is 2.24. The van der Waals surface area contributed by atoms with Gasteiger partial charge >= 0.3 is 0 Å². The number of aromatic nitrogens is 1. The van der Waals surface area contributed by atoms with Gasteiger partial charge in [0.25, 0.3) is 0 Å². The van der Waals surface area contributed by atoms with E-state index in [1.807, 2.05) is 12.1 Å². The Kier molecular flexibility index (Phi) is 2.23. The predicted molar refractivity (Wildman–Crippen MR) is 52.8 cm³/mol. The van der Waals surface area contributed by atoms with Crippen molar-refractivity contribution in [1.82, 2.24) is 4.98 Å². The monoisotopic (exact) mass is 191 g/mol. The largest absolute Gasteiger partial charge is 0.477 e. The maximum absolute atomic E-state index is 11.4. The molecular formula is C11H13NO2. The fraction of sp³-hybridized carbons (Fsp3) is 0.455. The Bertz CT molecular complexity index is 372. The van der Waals surface area contributed by atoms with E-state index >= 15 is 0 Å². The minimum Gasteiger partial charge on any atom is -0.477 e. The van der Waals surface area contributed by atoms with Crippen LogP contribution in [0.2, 0.25) is 0 Å². The van der Waals surface area contributed by atoms with Crippen LogP contribution in [0.25, 0.3) is 0 Å². The number of Topliss-reactive ketones (excluding diaryl/α,β-unsaturated/α-hetero) is 1. The molecule has 0 fully saturated rings. The highest BCUT2D eigenvalue weighted by atomic mass is 16.5. The van der Waals surface area contributed by atoms with E-state index in [1.165, 1.54) is 0 Å². The normalized spacial score (nSPS) is 15.2. The molecule has 0 aliphatic carbocycles. The van der Waals surface area contributed by atoms with Gasteiger partial charge in [0, 0.05) is 12.1 Å². The SMILES string of the molecule is CC(C)c1ccc2c(n1)OCCC2=O. The smallest absolute Gasteiger partial charge is 0.224 e. The Morgan fingerprint density at radius 3 is 2.93 bits per heavy atom. The van der Waals surface area contributed by atoms with Crippen LogP contribution in [0.15, 0.2) is 12.1 Å². The molecule has 0 saturated heterocycles. The second kappa shape index (κ2) is 3.40. The van der Waals surface area contributed by atoms with Crippen LogP contribution in [0.3, 0.4) is 0 Å². The van der Waals surface area contributed by atoms with Crippen LogP contribution >= 0.6 is 0 Å². The van der Waals surface area contributed by atoms with Gasteiger partial charge in [0.15, 0.2) is 5.78 Å². The zero-order chi connectivity index (χ0) is 10.1. The maximum atomic E-state index is 11.4. The molecule has 74 valence electrons. The molecule has 0 saturated carbocycles. The van der Waals surface area contributed by atoms with Crippen LogP contribution < -0.4 is 4.74 Å². The van der Waals surface area contributed by atoms with Crippen LogP contribution in [-0.2, 0) is 0 Å². The number of carbonyl (C=O) groups is 1. The molecule has 1 aliphatic rings. The van der Waals surface area contributed by atoms with E-state index in [4.69, 9.17) is 4.74 Å². The van der Waals surface area contributed by atoms with Gasteiger partial charge in [-0.05, 0) is 18.1 Å². The minimum atomic E-state index is 0.133. The number of ether oxygens (including phenoxy) is 1. The topological polar surface area (TPSA) is 39.2 Å². The lowest BCUT2D eigenvalue weighted by Gasteiger charge is -2.16. The number of ketones is 1. The summed E-state index contributed by atoms with van der Waals surface area (Å²) in [5, 5.41) is 0. The number of pyridine rings is 1. The first-order chi connectivity index (χ1) is 6.68. The molecule has 0 N–H and O–H groups in total. The highest BCUT2D eigenvalue weighted by molar-refractivity contribution is 5.99. The van der Waals surface area contributed by atoms with Gasteiger partial charge in [-0.3, -0.25) is 4.79 Å². The van der Waals surface area contributed by atoms with Crippen molar-refractivity contribution >= 4 is 5.78 Å². The van der Waals surface area contributed by atoms with E-state index in [0.29, 0.717) is 30.4 Å². The van der Waals surface area contributed by atoms with E-state index in [9.17, 15) is 4.79 Å². The molecule has 3 heteroatoms. The number of hydrogen-bond acceptors (Lipinski definition) is 3. The highest BCUT2D eigenvalue weighted by Gasteiger charge is 2.20. The van der Waals surface area contributed by atoms with Gasteiger partial charge in [0.1, 0.15) is 0 Å². The Morgan fingerprint density at radius 2 is 2.21 bits per heavy atom. The number of fused-ring (bicyclic) bond motifs is 1. The zero-order valence-corrected chi connectivity index (χ0v) is 8.41. The zero-order valence-electron chi connectivity index (χ0n) is 8.41. The number of carbonyl (C=O) groups excluding carboxylic acids is 1. The Hall–Kier alpha value is -1.38. The summed E-state index contributed by atoms with van der Waals surface area (Å²) in [6, 6.07) is 3.72. The summed E-state index contributed by atoms with van der Waals surface area (Å²) in [7, 11) is 0. The third-order valence-electron chi connectivity index (χ3n) is 2.34. The summed E-state index contributed by atoms with van der Waals surface area (Å²) in [6.07, 6.45) is 0.468. The summed E-state index contributed by atoms with van der Waals surface area (Å²) in [6.45, 7) is 4.60. The minimum absolute atomic E-state index is 0.133. The molecule has 14 heavy (non-hydrogen) atoms. The van der Waals surface area contributed by atoms with Crippen molar-refractivity contribution in [3.63, 3.8) is 0 Å². The van der Waals surface area contributed by atoms with Crippen LogP contribution in [0.4, 0.5) is 0 Å². The molecule has 0 radical (unpaired) electrons. The molecule has 1 aliphatic heterocycles. The van der Waals surface area contributed by atoms with Crippen LogP contribution in [0.1, 0.15) is 42.2 Å². The molecule has 0 bridgehead atoms. The van der Waals surface area contributed by atoms with Gasteiger partial charge in [-0.1, -0.05) is 13.8 Å². The van der Waals surface area contributed by atoms with Crippen molar-refractivity contribution in [2.45, 2.75) is 26.2 Å². The molecule has 0 spiro atoms. The number of nitrogens with zero attached hydrogens (tertiary/aromatic N) is 1. The summed E-state index contributed by atoms with van der Waals surface area (Å²) in [4.78, 5) is 15.8. The fourth-order valence-corrected chi connectivity index (χ4v) is 1.47. The van der Waals surface area contributed by atoms with Gasteiger partial charge in [-0.2, -0.15) is 0 Å². The van der Waals surface area contributed by atoms with Gasteiger partial charge in [-0.15, -0.1) is 0 Å². The standard InChI is InChI=1S/C11H13NO2/c1-7(2)9-4-3-8-10(13)5-6-14-11(8)12-9/h3-4,7H,5-6H2,1-2H3. The lowest BCUT2D eigenvalue weighted by atomic mass is 10.0. The Morgan fingerprint density at radius 1 is 1.43 bits per heavy atom. The summed E-state index contributed by atoms with van der Waals surface area (Å²) < 4.78 is 5.35. The van der Waals surface area contributed by atoms with Crippen molar-refractivity contribution in [3.8, 4) is 5.88 Å². The molecular weight excluding hydrogens is 178 g/mol. The van der Waals surface area contributed by atoms with Crippen molar-refractivity contribution in [3.05, 3.63) is 23.4 Å². The van der Waals surface area contributed by atoms with Gasteiger partial charge in [-0.25, -0.2) is 4.98 Å². The van der Waals surface area contributed by atoms with Crippen LogP contribution in [-0.4, -0.2) is 17.4 Å². The van der Waals surface area contributed by atoms with Crippen LogP contribution in [0.5, 0.6) is 5.88 Å². The molecule has 2 heterocycles. The Labute approximate surface area is 83.1 Å². The predicted octanol–water partition coefficient (Wildman–Crippen LogP) is 2.17. The Balaban J connectivity index is 2.44. The van der Waals surface area contributed by atoms with Crippen molar-refractivity contribution in [2.75, 3.05) is 6.61 Å². The van der Waals surface area contributed by atoms with Crippen molar-refractivity contribution in [1.29, 1.82) is 0 Å². The molecule has 0 unspecified atom stereocenters. The number of rotatable bonds is 1. The third kappa shape index (κ3) is 1.50. The number of hydrogen-bond donors (Lipinski definition) is 0. The second-order valence-electron chi connectivity index (χ2n) is 3.77. The summed E-state index contributed by atoms with van der Waals surface area (Å²) >= 11 is 0. The molecule has 3 nitrogen and oxygen atoms in total. The summed E-state index contributed by atoms with van der Waals surface area (Å²) in [5.41, 5.74) is 1.60. The molecule has 0 aromatic carbocycles. The van der Waals surface area contributed by atoms with Gasteiger partial charge < -0.3 is 4.74 Å².